The van der Waals surface area contributed by atoms with Gasteiger partial charge in [0.25, 0.3) is 0 Å². The van der Waals surface area contributed by atoms with E-state index in [4.69, 9.17) is 4.74 Å². The van der Waals surface area contributed by atoms with Gasteiger partial charge in [0.1, 0.15) is 17.4 Å². The van der Waals surface area contributed by atoms with Crippen molar-refractivity contribution in [1.29, 1.82) is 0 Å². The third-order valence-electron chi connectivity index (χ3n) is 5.35. The Kier molecular flexibility index (Phi) is 8.93. The first-order valence-electron chi connectivity index (χ1n) is 11.5. The van der Waals surface area contributed by atoms with E-state index in [9.17, 15) is 22.4 Å². The number of piperazine rings is 1. The smallest absolute Gasteiger partial charge is 0.416 e. The summed E-state index contributed by atoms with van der Waals surface area (Å²) in [4.78, 5) is 20.5. The zero-order valence-electron chi connectivity index (χ0n) is 20.8. The number of likely N-dealkylation sites (N-methyl/N-ethyl adjacent to an activating group) is 1. The molecule has 3 rings (SSSR count). The molecule has 7 nitrogen and oxygen atoms in total. The van der Waals surface area contributed by atoms with Gasteiger partial charge < -0.3 is 19.9 Å². The van der Waals surface area contributed by atoms with Crippen LogP contribution < -0.4 is 20.3 Å². The highest BCUT2D eigenvalue weighted by Gasteiger charge is 2.32. The number of hydrogen-bond donors (Lipinski definition) is 2. The van der Waals surface area contributed by atoms with E-state index in [0.717, 1.165) is 18.2 Å². The molecule has 11 heteroatoms. The van der Waals surface area contributed by atoms with Gasteiger partial charge in [-0.2, -0.15) is 13.2 Å². The van der Waals surface area contributed by atoms with E-state index in [1.165, 1.54) is 12.1 Å². The highest BCUT2D eigenvalue weighted by molar-refractivity contribution is 5.99. The zero-order chi connectivity index (χ0) is 27.2. The molecule has 2 aromatic rings. The third kappa shape index (κ3) is 8.07. The first-order valence-corrected chi connectivity index (χ1v) is 11.5. The number of anilines is 3. The fourth-order valence-corrected chi connectivity index (χ4v) is 3.53. The van der Waals surface area contributed by atoms with Crippen LogP contribution in [0.15, 0.2) is 66.5 Å². The van der Waals surface area contributed by atoms with Crippen molar-refractivity contribution in [3.8, 4) is 5.75 Å². The molecule has 0 unspecified atom stereocenters. The van der Waals surface area contributed by atoms with Gasteiger partial charge in [0.2, 0.25) is 0 Å². The van der Waals surface area contributed by atoms with Gasteiger partial charge in [-0.05, 0) is 57.3 Å². The summed E-state index contributed by atoms with van der Waals surface area (Å²) < 4.78 is 60.7. The van der Waals surface area contributed by atoms with Crippen LogP contribution in [0.1, 0.15) is 19.4 Å². The maximum Gasteiger partial charge on any atom is 0.416 e. The summed E-state index contributed by atoms with van der Waals surface area (Å²) in [6, 6.07) is 4.62. The lowest BCUT2D eigenvalue weighted by atomic mass is 10.2. The van der Waals surface area contributed by atoms with Crippen LogP contribution in [0.25, 0.3) is 0 Å². The van der Waals surface area contributed by atoms with Crippen molar-refractivity contribution in [3.05, 3.63) is 77.9 Å². The molecule has 1 fully saturated rings. The van der Waals surface area contributed by atoms with Crippen LogP contribution in [0.5, 0.6) is 5.75 Å². The minimum absolute atomic E-state index is 0.0741. The van der Waals surface area contributed by atoms with Crippen molar-refractivity contribution in [1.82, 2.24) is 9.88 Å². The highest BCUT2D eigenvalue weighted by atomic mass is 19.4. The molecule has 2 N–H and O–H groups in total. The average molecular weight is 520 g/mol. The number of pyridine rings is 1. The zero-order valence-corrected chi connectivity index (χ0v) is 20.8. The van der Waals surface area contributed by atoms with E-state index < -0.39 is 23.6 Å². The summed E-state index contributed by atoms with van der Waals surface area (Å²) in [5.74, 6) is -0.607. The maximum atomic E-state index is 14.6. The number of amides is 2. The Balaban J connectivity index is 1.75. The second-order valence-electron chi connectivity index (χ2n) is 8.61. The molecule has 1 aliphatic heterocycles. The molecule has 0 bridgehead atoms. The largest absolute Gasteiger partial charge is 0.454 e. The Morgan fingerprint density at radius 1 is 1.14 bits per heavy atom. The molecule has 198 valence electrons. The number of carbonyl (C=O) groups is 1. The number of allylic oxidation sites excluding steroid dienone is 4. The topological polar surface area (TPSA) is 69.7 Å². The summed E-state index contributed by atoms with van der Waals surface area (Å²) in [5.41, 5.74) is -0.147. The third-order valence-corrected chi connectivity index (χ3v) is 5.35. The van der Waals surface area contributed by atoms with E-state index in [0.29, 0.717) is 37.5 Å². The average Bonchev–Trinajstić information content (AvgIpc) is 2.80. The standard InChI is InChI=1S/C26H29F4N5O2/c1-5-6-20(13-17(2)3)37-22-8-7-19(16-21(22)27)31-25(36)33-23-14-18(26(28,29)30)15-24(32-23)35-11-9-34(4)10-12-35/h5-8,13-16H,2,9-12H2,1,3-4H3,(H2,31,32,33,36)/b6-5-,20-13+. The van der Waals surface area contributed by atoms with Gasteiger partial charge in [0, 0.05) is 37.9 Å². The Labute approximate surface area is 213 Å². The first-order chi connectivity index (χ1) is 17.4. The SMILES string of the molecule is C=C(C)/C=C(\C=C/C)Oc1ccc(NC(=O)Nc2cc(C(F)(F)F)cc(N3CCN(C)CC3)n2)cc1F. The summed E-state index contributed by atoms with van der Waals surface area (Å²) in [5, 5.41) is 4.72. The predicted octanol–water partition coefficient (Wildman–Crippen LogP) is 6.05. The second kappa shape index (κ2) is 11.9. The Bertz CT molecular complexity index is 1200. The van der Waals surface area contributed by atoms with Gasteiger partial charge >= 0.3 is 12.2 Å². The van der Waals surface area contributed by atoms with Crippen molar-refractivity contribution in [2.45, 2.75) is 20.0 Å². The molecule has 0 aliphatic carbocycles. The number of halogens is 4. The van der Waals surface area contributed by atoms with Crippen molar-refractivity contribution >= 4 is 23.4 Å². The monoisotopic (exact) mass is 519 g/mol. The molecule has 2 heterocycles. The van der Waals surface area contributed by atoms with E-state index in [-0.39, 0.29) is 23.1 Å². The van der Waals surface area contributed by atoms with E-state index in [2.05, 4.69) is 27.1 Å². The van der Waals surface area contributed by atoms with E-state index in [1.54, 1.807) is 37.0 Å². The van der Waals surface area contributed by atoms with Crippen LogP contribution in [0, 0.1) is 5.82 Å². The normalized spacial score (nSPS) is 15.1. The van der Waals surface area contributed by atoms with Crippen LogP contribution in [0.4, 0.5) is 39.7 Å². The maximum absolute atomic E-state index is 14.6. The molecule has 1 aliphatic rings. The highest BCUT2D eigenvalue weighted by Crippen LogP contribution is 2.33. The molecular weight excluding hydrogens is 490 g/mol. The number of aromatic nitrogens is 1. The van der Waals surface area contributed by atoms with Crippen LogP contribution in [0.2, 0.25) is 0 Å². The first kappa shape index (κ1) is 27.7. The number of benzene rings is 1. The lowest BCUT2D eigenvalue weighted by Gasteiger charge is -2.33. The molecular formula is C26H29F4N5O2. The number of nitrogens with zero attached hydrogens (tertiary/aromatic N) is 3. The number of alkyl halides is 3. The van der Waals surface area contributed by atoms with Gasteiger partial charge in [0.15, 0.2) is 11.6 Å². The summed E-state index contributed by atoms with van der Waals surface area (Å²) in [7, 11) is 1.93. The predicted molar refractivity (Wildman–Crippen MR) is 136 cm³/mol. The lowest BCUT2D eigenvalue weighted by Crippen LogP contribution is -2.45. The summed E-state index contributed by atoms with van der Waals surface area (Å²) in [6.07, 6.45) is 0.383. The Morgan fingerprint density at radius 3 is 2.43 bits per heavy atom. The van der Waals surface area contributed by atoms with Crippen LogP contribution in [-0.4, -0.2) is 49.1 Å². The van der Waals surface area contributed by atoms with Crippen molar-refractivity contribution in [3.63, 3.8) is 0 Å². The fourth-order valence-electron chi connectivity index (χ4n) is 3.53. The van der Waals surface area contributed by atoms with Crippen molar-refractivity contribution in [2.75, 3.05) is 48.8 Å². The van der Waals surface area contributed by atoms with Crippen molar-refractivity contribution < 1.29 is 27.1 Å². The summed E-state index contributed by atoms with van der Waals surface area (Å²) >= 11 is 0. The molecule has 0 atom stereocenters. The number of carbonyl (C=O) groups excluding carboxylic acids is 1. The van der Waals surface area contributed by atoms with E-state index in [1.807, 2.05) is 7.05 Å². The van der Waals surface area contributed by atoms with E-state index >= 15 is 0 Å². The van der Waals surface area contributed by atoms with Gasteiger partial charge in [-0.1, -0.05) is 18.2 Å². The van der Waals surface area contributed by atoms with Gasteiger partial charge in [-0.15, -0.1) is 0 Å². The number of nitrogens with one attached hydrogen (secondary N) is 2. The quantitative estimate of drug-likeness (QED) is 0.265. The van der Waals surface area contributed by atoms with Gasteiger partial charge in [0.05, 0.1) is 5.56 Å². The fraction of sp³-hybridized carbons (Fsp3) is 0.308. The minimum atomic E-state index is -4.62. The van der Waals surface area contributed by atoms with Gasteiger partial charge in [-0.3, -0.25) is 5.32 Å². The molecule has 0 spiro atoms. The van der Waals surface area contributed by atoms with Crippen LogP contribution in [-0.2, 0) is 6.18 Å². The number of urea groups is 1. The minimum Gasteiger partial charge on any atom is -0.454 e. The molecule has 0 saturated carbocycles. The number of hydrogen-bond acceptors (Lipinski definition) is 5. The Morgan fingerprint density at radius 2 is 1.84 bits per heavy atom. The Hall–Kier alpha value is -3.86. The number of rotatable bonds is 7. The second-order valence-corrected chi connectivity index (χ2v) is 8.61. The van der Waals surface area contributed by atoms with Crippen LogP contribution in [0.3, 0.4) is 0 Å². The lowest BCUT2D eigenvalue weighted by molar-refractivity contribution is -0.137. The van der Waals surface area contributed by atoms with Crippen LogP contribution >= 0.6 is 0 Å². The van der Waals surface area contributed by atoms with Gasteiger partial charge in [-0.25, -0.2) is 14.2 Å². The molecule has 1 saturated heterocycles. The molecule has 37 heavy (non-hydrogen) atoms. The van der Waals surface area contributed by atoms with Crippen molar-refractivity contribution in [2.24, 2.45) is 0 Å². The molecule has 2 amide bonds. The summed E-state index contributed by atoms with van der Waals surface area (Å²) in [6.45, 7) is 9.66. The number of ether oxygens (including phenoxy) is 1. The molecule has 1 aromatic carbocycles. The molecule has 1 aromatic heterocycles. The molecule has 0 radical (unpaired) electrons.